The number of phenolic OH excluding ortho intramolecular Hbond substituents is 1. The van der Waals surface area contributed by atoms with E-state index in [0.717, 1.165) is 0 Å². The number of ether oxygens (including phenoxy) is 1. The van der Waals surface area contributed by atoms with Crippen LogP contribution in [-0.4, -0.2) is 11.5 Å². The van der Waals surface area contributed by atoms with Gasteiger partial charge in [-0.15, -0.1) is 25.6 Å². The Morgan fingerprint density at radius 1 is 1.09 bits per heavy atom. The Morgan fingerprint density at radius 3 is 2.23 bits per heavy atom. The van der Waals surface area contributed by atoms with Crippen molar-refractivity contribution in [3.8, 4) is 11.5 Å². The summed E-state index contributed by atoms with van der Waals surface area (Å²) in [6.45, 7) is 1.74. The molecule has 3 N–H and O–H groups in total. The molecule has 2 rings (SSSR count). The topological polar surface area (TPSA) is 55.5 Å². The molecule has 0 bridgehead atoms. The van der Waals surface area contributed by atoms with E-state index in [1.54, 1.807) is 25.1 Å². The third-order valence-corrected chi connectivity index (χ3v) is 3.08. The van der Waals surface area contributed by atoms with Crippen molar-refractivity contribution in [3.05, 3.63) is 59.2 Å². The van der Waals surface area contributed by atoms with Gasteiger partial charge in [0.05, 0.1) is 6.04 Å². The predicted molar refractivity (Wildman–Crippen MR) is 79.2 cm³/mol. The largest absolute Gasteiger partial charge is 0.573 e. The normalized spacial score (nSPS) is 12.4. The molecule has 22 heavy (non-hydrogen) atoms. The molecular formula is C15H15ClF3NO2. The van der Waals surface area contributed by atoms with Crippen molar-refractivity contribution < 1.29 is 23.0 Å². The van der Waals surface area contributed by atoms with Gasteiger partial charge in [-0.2, -0.15) is 0 Å². The van der Waals surface area contributed by atoms with Crippen molar-refractivity contribution >= 4 is 12.4 Å². The Balaban J connectivity index is 0.00000242. The highest BCUT2D eigenvalue weighted by Crippen LogP contribution is 2.31. The molecule has 0 aliphatic carbocycles. The molecule has 2 aromatic carbocycles. The Kier molecular flexibility index (Phi) is 5.68. The van der Waals surface area contributed by atoms with Crippen LogP contribution in [0.4, 0.5) is 13.2 Å². The predicted octanol–water partition coefficient (Wildman–Crippen LogP) is 4.07. The van der Waals surface area contributed by atoms with Crippen LogP contribution in [0.3, 0.4) is 0 Å². The molecule has 1 atom stereocenters. The number of aromatic hydroxyl groups is 1. The van der Waals surface area contributed by atoms with Gasteiger partial charge in [0.25, 0.3) is 0 Å². The fourth-order valence-corrected chi connectivity index (χ4v) is 1.99. The summed E-state index contributed by atoms with van der Waals surface area (Å²) in [6.07, 6.45) is -4.72. The maximum absolute atomic E-state index is 12.1. The SMILES string of the molecule is Cc1cccc([C@H](N)c2ccc(OC(F)(F)F)cc2)c1O.Cl. The summed E-state index contributed by atoms with van der Waals surface area (Å²) in [6, 6.07) is 9.79. The lowest BCUT2D eigenvalue weighted by Crippen LogP contribution is -2.17. The van der Waals surface area contributed by atoms with Gasteiger partial charge in [0, 0.05) is 5.56 Å². The molecule has 3 nitrogen and oxygen atoms in total. The number of phenols is 1. The highest BCUT2D eigenvalue weighted by Gasteiger charge is 2.31. The highest BCUT2D eigenvalue weighted by atomic mass is 35.5. The Bertz CT molecular complexity index is 630. The number of benzene rings is 2. The van der Waals surface area contributed by atoms with Crippen molar-refractivity contribution in [2.75, 3.05) is 0 Å². The number of alkyl halides is 3. The average molecular weight is 334 g/mol. The van der Waals surface area contributed by atoms with Crippen LogP contribution in [0.2, 0.25) is 0 Å². The zero-order valence-corrected chi connectivity index (χ0v) is 12.4. The van der Waals surface area contributed by atoms with Crippen molar-refractivity contribution in [1.82, 2.24) is 0 Å². The summed E-state index contributed by atoms with van der Waals surface area (Å²) in [4.78, 5) is 0. The first kappa shape index (κ1) is 18.1. The first-order valence-electron chi connectivity index (χ1n) is 6.17. The average Bonchev–Trinajstić information content (AvgIpc) is 2.40. The molecule has 7 heteroatoms. The van der Waals surface area contributed by atoms with Gasteiger partial charge in [-0.3, -0.25) is 0 Å². The second kappa shape index (κ2) is 6.89. The van der Waals surface area contributed by atoms with Crippen molar-refractivity contribution in [2.45, 2.75) is 19.3 Å². The van der Waals surface area contributed by atoms with E-state index in [0.29, 0.717) is 16.7 Å². The molecule has 120 valence electrons. The third kappa shape index (κ3) is 4.29. The van der Waals surface area contributed by atoms with Crippen molar-refractivity contribution in [1.29, 1.82) is 0 Å². The quantitative estimate of drug-likeness (QED) is 0.890. The third-order valence-electron chi connectivity index (χ3n) is 3.08. The van der Waals surface area contributed by atoms with E-state index in [1.807, 2.05) is 0 Å². The lowest BCUT2D eigenvalue weighted by Gasteiger charge is -2.16. The smallest absolute Gasteiger partial charge is 0.507 e. The van der Waals surface area contributed by atoms with Crippen LogP contribution in [-0.2, 0) is 0 Å². The number of halogens is 4. The van der Waals surface area contributed by atoms with Crippen molar-refractivity contribution in [2.24, 2.45) is 5.73 Å². The minimum Gasteiger partial charge on any atom is -0.507 e. The van der Waals surface area contributed by atoms with Gasteiger partial charge in [0.15, 0.2) is 0 Å². The molecule has 0 aliphatic rings. The maximum atomic E-state index is 12.1. The number of hydrogen-bond donors (Lipinski definition) is 2. The molecule has 0 unspecified atom stereocenters. The van der Waals surface area contributed by atoms with E-state index in [4.69, 9.17) is 5.73 Å². The Morgan fingerprint density at radius 2 is 1.68 bits per heavy atom. The number of para-hydroxylation sites is 1. The van der Waals surface area contributed by atoms with Gasteiger partial charge in [0.1, 0.15) is 11.5 Å². The molecule has 0 aromatic heterocycles. The highest BCUT2D eigenvalue weighted by molar-refractivity contribution is 5.85. The van der Waals surface area contributed by atoms with E-state index >= 15 is 0 Å². The Hall–Kier alpha value is -1.92. The lowest BCUT2D eigenvalue weighted by molar-refractivity contribution is -0.274. The second-order valence-corrected chi connectivity index (χ2v) is 4.61. The second-order valence-electron chi connectivity index (χ2n) is 4.61. The maximum Gasteiger partial charge on any atom is 0.573 e. The van der Waals surface area contributed by atoms with Crippen LogP contribution >= 0.6 is 12.4 Å². The standard InChI is InChI=1S/C15H14F3NO2.ClH/c1-9-3-2-4-12(14(9)20)13(19)10-5-7-11(8-6-10)21-15(16,17)18;/h2-8,13,20H,19H2,1H3;1H/t13-;/m1./s1. The summed E-state index contributed by atoms with van der Waals surface area (Å²) in [5.41, 5.74) is 7.81. The molecule has 0 saturated carbocycles. The fourth-order valence-electron chi connectivity index (χ4n) is 1.99. The molecular weight excluding hydrogens is 319 g/mol. The zero-order chi connectivity index (χ0) is 15.6. The molecule has 0 heterocycles. The van der Waals surface area contributed by atoms with Gasteiger partial charge in [-0.1, -0.05) is 30.3 Å². The van der Waals surface area contributed by atoms with E-state index in [2.05, 4.69) is 4.74 Å². The monoisotopic (exact) mass is 333 g/mol. The van der Waals surface area contributed by atoms with Crippen LogP contribution in [0.15, 0.2) is 42.5 Å². The minimum absolute atomic E-state index is 0. The molecule has 0 amide bonds. The van der Waals surface area contributed by atoms with Gasteiger partial charge in [-0.25, -0.2) is 0 Å². The summed E-state index contributed by atoms with van der Waals surface area (Å²) >= 11 is 0. The van der Waals surface area contributed by atoms with Crippen LogP contribution in [0.1, 0.15) is 22.7 Å². The van der Waals surface area contributed by atoms with Gasteiger partial charge < -0.3 is 15.6 Å². The van der Waals surface area contributed by atoms with E-state index in [-0.39, 0.29) is 23.9 Å². The fraction of sp³-hybridized carbons (Fsp3) is 0.200. The minimum atomic E-state index is -4.72. The van der Waals surface area contributed by atoms with Crippen molar-refractivity contribution in [3.63, 3.8) is 0 Å². The molecule has 0 aliphatic heterocycles. The van der Waals surface area contributed by atoms with Gasteiger partial charge in [-0.05, 0) is 30.2 Å². The van der Waals surface area contributed by atoms with E-state index in [9.17, 15) is 18.3 Å². The number of hydrogen-bond acceptors (Lipinski definition) is 3. The zero-order valence-electron chi connectivity index (χ0n) is 11.6. The number of rotatable bonds is 3. The van der Waals surface area contributed by atoms with E-state index < -0.39 is 12.4 Å². The summed E-state index contributed by atoms with van der Waals surface area (Å²) in [7, 11) is 0. The first-order valence-corrected chi connectivity index (χ1v) is 6.17. The molecule has 0 fully saturated rings. The van der Waals surface area contributed by atoms with Crippen LogP contribution in [0.5, 0.6) is 11.5 Å². The number of nitrogens with two attached hydrogens (primary N) is 1. The van der Waals surface area contributed by atoms with Crippen LogP contribution < -0.4 is 10.5 Å². The van der Waals surface area contributed by atoms with Gasteiger partial charge >= 0.3 is 6.36 Å². The first-order chi connectivity index (χ1) is 9.78. The van der Waals surface area contributed by atoms with E-state index in [1.165, 1.54) is 24.3 Å². The number of aryl methyl sites for hydroxylation is 1. The molecule has 0 saturated heterocycles. The Labute approximate surface area is 131 Å². The molecule has 0 spiro atoms. The molecule has 0 radical (unpaired) electrons. The molecule has 2 aromatic rings. The summed E-state index contributed by atoms with van der Waals surface area (Å²) < 4.78 is 40.0. The summed E-state index contributed by atoms with van der Waals surface area (Å²) in [5.74, 6) is -0.229. The lowest BCUT2D eigenvalue weighted by atomic mass is 9.97. The van der Waals surface area contributed by atoms with Gasteiger partial charge in [0.2, 0.25) is 0 Å². The van der Waals surface area contributed by atoms with Crippen LogP contribution in [0, 0.1) is 6.92 Å². The summed E-state index contributed by atoms with van der Waals surface area (Å²) in [5, 5.41) is 9.98. The van der Waals surface area contributed by atoms with Crippen LogP contribution in [0.25, 0.3) is 0 Å².